The molecule has 1 aliphatic carbocycles. The first-order valence-electron chi connectivity index (χ1n) is 7.07. The molecule has 106 valence electrons. The number of nitriles is 1. The van der Waals surface area contributed by atoms with E-state index in [-0.39, 0.29) is 12.5 Å². The van der Waals surface area contributed by atoms with Crippen molar-refractivity contribution >= 4 is 5.91 Å². The van der Waals surface area contributed by atoms with Crippen LogP contribution in [0.1, 0.15) is 38.2 Å². The Bertz CT molecular complexity index is 498. The number of nitrogens with one attached hydrogen (secondary N) is 1. The third-order valence-corrected chi connectivity index (χ3v) is 3.75. The fraction of sp³-hybridized carbons (Fsp3) is 0.500. The Labute approximate surface area is 119 Å². The normalized spacial score (nSPS) is 15.2. The first-order chi connectivity index (χ1) is 9.67. The van der Waals surface area contributed by atoms with E-state index < -0.39 is 0 Å². The summed E-state index contributed by atoms with van der Waals surface area (Å²) in [5, 5.41) is 11.6. The molecule has 0 atom stereocenters. The molecule has 0 aliphatic heterocycles. The van der Waals surface area contributed by atoms with Crippen LogP contribution in [0, 0.1) is 16.7 Å². The minimum absolute atomic E-state index is 0.0219. The molecule has 0 radical (unpaired) electrons. The lowest BCUT2D eigenvalue weighted by molar-refractivity contribution is -0.123. The van der Waals surface area contributed by atoms with E-state index in [1.165, 1.54) is 19.3 Å². The maximum absolute atomic E-state index is 11.7. The maximum atomic E-state index is 11.7. The summed E-state index contributed by atoms with van der Waals surface area (Å²) in [7, 11) is 0. The number of carbonyl (C=O) groups excluding carboxylic acids is 1. The van der Waals surface area contributed by atoms with Crippen LogP contribution < -0.4 is 10.1 Å². The van der Waals surface area contributed by atoms with E-state index in [4.69, 9.17) is 10.00 Å². The number of hydrogen-bond donors (Lipinski definition) is 1. The third-order valence-electron chi connectivity index (χ3n) is 3.75. The first-order valence-corrected chi connectivity index (χ1v) is 7.07. The molecule has 1 aliphatic rings. The Kier molecular flexibility index (Phi) is 4.62. The average molecular weight is 272 g/mol. The van der Waals surface area contributed by atoms with Gasteiger partial charge in [-0.05, 0) is 48.9 Å². The highest BCUT2D eigenvalue weighted by Gasteiger charge is 2.41. The van der Waals surface area contributed by atoms with E-state index >= 15 is 0 Å². The summed E-state index contributed by atoms with van der Waals surface area (Å²) < 4.78 is 5.39. The lowest BCUT2D eigenvalue weighted by Crippen LogP contribution is -2.33. The molecule has 0 heterocycles. The van der Waals surface area contributed by atoms with Gasteiger partial charge < -0.3 is 10.1 Å². The number of ether oxygens (including phenoxy) is 1. The number of benzene rings is 1. The van der Waals surface area contributed by atoms with Gasteiger partial charge in [0.2, 0.25) is 0 Å². The van der Waals surface area contributed by atoms with Gasteiger partial charge in [-0.15, -0.1) is 0 Å². The van der Waals surface area contributed by atoms with Crippen LogP contribution in [0.25, 0.3) is 0 Å². The molecular formula is C16H20N2O2. The van der Waals surface area contributed by atoms with Gasteiger partial charge in [-0.1, -0.05) is 13.3 Å². The second kappa shape index (κ2) is 6.42. The number of carbonyl (C=O) groups is 1. The molecule has 0 bridgehead atoms. The molecule has 1 N–H and O–H groups in total. The van der Waals surface area contributed by atoms with Crippen molar-refractivity contribution < 1.29 is 9.53 Å². The monoisotopic (exact) mass is 272 g/mol. The lowest BCUT2D eigenvalue weighted by atomic mass is 10.0. The molecule has 1 aromatic rings. The summed E-state index contributed by atoms with van der Waals surface area (Å²) in [5.41, 5.74) is 0.941. The summed E-state index contributed by atoms with van der Waals surface area (Å²) in [6, 6.07) is 8.79. The van der Waals surface area contributed by atoms with Gasteiger partial charge in [-0.25, -0.2) is 0 Å². The summed E-state index contributed by atoms with van der Waals surface area (Å²) in [6.07, 6.45) is 4.79. The van der Waals surface area contributed by atoms with Crippen molar-refractivity contribution in [3.63, 3.8) is 0 Å². The lowest BCUT2D eigenvalue weighted by Gasteiger charge is -2.15. The van der Waals surface area contributed by atoms with E-state index in [9.17, 15) is 4.79 Å². The van der Waals surface area contributed by atoms with Gasteiger partial charge in [-0.2, -0.15) is 5.26 Å². The van der Waals surface area contributed by atoms with E-state index in [2.05, 4.69) is 12.2 Å². The van der Waals surface area contributed by atoms with Gasteiger partial charge in [0.15, 0.2) is 6.61 Å². The molecule has 0 spiro atoms. The van der Waals surface area contributed by atoms with E-state index in [0.29, 0.717) is 16.7 Å². The zero-order valence-electron chi connectivity index (χ0n) is 11.8. The van der Waals surface area contributed by atoms with Gasteiger partial charge in [0.1, 0.15) is 5.75 Å². The fourth-order valence-corrected chi connectivity index (χ4v) is 2.33. The highest BCUT2D eigenvalue weighted by molar-refractivity contribution is 5.77. The molecule has 1 amide bonds. The molecular weight excluding hydrogens is 252 g/mol. The Balaban J connectivity index is 1.71. The topological polar surface area (TPSA) is 62.1 Å². The van der Waals surface area contributed by atoms with Crippen LogP contribution >= 0.6 is 0 Å². The van der Waals surface area contributed by atoms with E-state index in [0.717, 1.165) is 13.0 Å². The number of rotatable bonds is 7. The van der Waals surface area contributed by atoms with Crippen LogP contribution in [-0.2, 0) is 4.79 Å². The zero-order valence-corrected chi connectivity index (χ0v) is 11.8. The van der Waals surface area contributed by atoms with E-state index in [1.54, 1.807) is 24.3 Å². The van der Waals surface area contributed by atoms with Crippen molar-refractivity contribution in [3.8, 4) is 11.8 Å². The Morgan fingerprint density at radius 3 is 2.65 bits per heavy atom. The van der Waals surface area contributed by atoms with Crippen molar-refractivity contribution in [2.24, 2.45) is 5.41 Å². The van der Waals surface area contributed by atoms with Gasteiger partial charge in [0.25, 0.3) is 5.91 Å². The van der Waals surface area contributed by atoms with Gasteiger partial charge in [0.05, 0.1) is 11.6 Å². The number of nitrogens with zero attached hydrogens (tertiary/aromatic N) is 1. The fourth-order valence-electron chi connectivity index (χ4n) is 2.33. The van der Waals surface area contributed by atoms with Gasteiger partial charge in [0, 0.05) is 6.54 Å². The van der Waals surface area contributed by atoms with Crippen molar-refractivity contribution in [2.75, 3.05) is 13.2 Å². The van der Waals surface area contributed by atoms with Crippen LogP contribution in [0.5, 0.6) is 5.75 Å². The Hall–Kier alpha value is -2.02. The summed E-state index contributed by atoms with van der Waals surface area (Å²) in [5.74, 6) is 0.519. The van der Waals surface area contributed by atoms with Crippen molar-refractivity contribution in [2.45, 2.75) is 32.6 Å². The van der Waals surface area contributed by atoms with Crippen LogP contribution in [-0.4, -0.2) is 19.1 Å². The summed E-state index contributed by atoms with van der Waals surface area (Å²) in [4.78, 5) is 11.7. The Morgan fingerprint density at radius 2 is 2.10 bits per heavy atom. The molecule has 0 aromatic heterocycles. The molecule has 1 fully saturated rings. The first kappa shape index (κ1) is 14.4. The molecule has 4 heteroatoms. The quantitative estimate of drug-likeness (QED) is 0.830. The summed E-state index contributed by atoms with van der Waals surface area (Å²) >= 11 is 0. The van der Waals surface area contributed by atoms with Gasteiger partial charge >= 0.3 is 0 Å². The smallest absolute Gasteiger partial charge is 0.257 e. The van der Waals surface area contributed by atoms with Crippen LogP contribution in [0.4, 0.5) is 0 Å². The van der Waals surface area contributed by atoms with Crippen molar-refractivity contribution in [1.29, 1.82) is 5.26 Å². The average Bonchev–Trinajstić information content (AvgIpc) is 3.24. The largest absolute Gasteiger partial charge is 0.484 e. The molecule has 0 unspecified atom stereocenters. The highest BCUT2D eigenvalue weighted by atomic mass is 16.5. The van der Waals surface area contributed by atoms with Crippen molar-refractivity contribution in [1.82, 2.24) is 5.32 Å². The predicted molar refractivity (Wildman–Crippen MR) is 76.2 cm³/mol. The number of amides is 1. The summed E-state index contributed by atoms with van der Waals surface area (Å²) in [6.45, 7) is 2.96. The molecule has 0 saturated heterocycles. The standard InChI is InChI=1S/C16H20N2O2/c1-2-7-16(8-9-16)12-18-15(19)11-20-14-5-3-13(10-17)4-6-14/h3-6H,2,7-9,11-12H2,1H3,(H,18,19). The second-order valence-electron chi connectivity index (χ2n) is 5.45. The van der Waals surface area contributed by atoms with Crippen LogP contribution in [0.2, 0.25) is 0 Å². The predicted octanol–water partition coefficient (Wildman–Crippen LogP) is 2.63. The molecule has 1 aromatic carbocycles. The third kappa shape index (κ3) is 3.99. The highest BCUT2D eigenvalue weighted by Crippen LogP contribution is 2.48. The second-order valence-corrected chi connectivity index (χ2v) is 5.45. The van der Waals surface area contributed by atoms with Crippen molar-refractivity contribution in [3.05, 3.63) is 29.8 Å². The minimum Gasteiger partial charge on any atom is -0.484 e. The van der Waals surface area contributed by atoms with Gasteiger partial charge in [-0.3, -0.25) is 4.79 Å². The SMILES string of the molecule is CCCC1(CNC(=O)COc2ccc(C#N)cc2)CC1. The van der Waals surface area contributed by atoms with E-state index in [1.807, 2.05) is 6.07 Å². The number of hydrogen-bond acceptors (Lipinski definition) is 3. The molecule has 4 nitrogen and oxygen atoms in total. The molecule has 1 saturated carbocycles. The molecule has 20 heavy (non-hydrogen) atoms. The Morgan fingerprint density at radius 1 is 1.40 bits per heavy atom. The maximum Gasteiger partial charge on any atom is 0.257 e. The van der Waals surface area contributed by atoms with Crippen LogP contribution in [0.15, 0.2) is 24.3 Å². The minimum atomic E-state index is -0.0864. The molecule has 2 rings (SSSR count). The zero-order chi connectivity index (χ0) is 14.4. The van der Waals surface area contributed by atoms with Crippen LogP contribution in [0.3, 0.4) is 0 Å².